The van der Waals surface area contributed by atoms with Gasteiger partial charge in [0.15, 0.2) is 0 Å². The molecule has 0 fully saturated rings. The second-order valence-electron chi connectivity index (χ2n) is 2.84. The maximum absolute atomic E-state index is 9.09. The number of likely N-dealkylation sites (N-methyl/N-ethyl adjacent to an activating group) is 1. The van der Waals surface area contributed by atoms with E-state index in [9.17, 15) is 0 Å². The van der Waals surface area contributed by atoms with E-state index >= 15 is 0 Å². The smallest absolute Gasteiger partial charge is 0.318 e. The van der Waals surface area contributed by atoms with Gasteiger partial charge in [0.05, 0.1) is 6.10 Å². The van der Waals surface area contributed by atoms with Crippen molar-refractivity contribution in [2.45, 2.75) is 18.9 Å². The zero-order valence-electron chi connectivity index (χ0n) is 7.57. The zero-order chi connectivity index (χ0) is 9.84. The Morgan fingerprint density at radius 1 is 1.62 bits per heavy atom. The third-order valence-corrected chi connectivity index (χ3v) is 1.66. The Bertz CT molecular complexity index is 264. The van der Waals surface area contributed by atoms with Crippen LogP contribution in [-0.4, -0.2) is 35.0 Å². The molecular weight excluding hydrogens is 194 g/mol. The van der Waals surface area contributed by atoms with Crippen LogP contribution in [0, 0.1) is 0 Å². The third kappa shape index (κ3) is 2.86. The van der Waals surface area contributed by atoms with Crippen LogP contribution in [0.25, 0.3) is 0 Å². The minimum Gasteiger partial charge on any atom is -0.407 e. The summed E-state index contributed by atoms with van der Waals surface area (Å²) < 4.78 is 5.16. The molecule has 1 rings (SSSR count). The van der Waals surface area contributed by atoms with E-state index in [0.717, 1.165) is 0 Å². The molecule has 1 heterocycles. The van der Waals surface area contributed by atoms with Gasteiger partial charge >= 0.3 is 6.01 Å². The molecule has 1 unspecified atom stereocenters. The van der Waals surface area contributed by atoms with Gasteiger partial charge in [0.25, 0.3) is 0 Å². The molecule has 6 heteroatoms. The molecule has 1 aromatic heterocycles. The topological polar surface area (TPSA) is 62.4 Å². The maximum Gasteiger partial charge on any atom is 0.318 e. The van der Waals surface area contributed by atoms with Crippen LogP contribution in [-0.2, 0) is 5.88 Å². The lowest BCUT2D eigenvalue weighted by molar-refractivity contribution is 0.200. The van der Waals surface area contributed by atoms with Crippen molar-refractivity contribution in [1.29, 1.82) is 0 Å². The number of alkyl halides is 1. The first-order valence-electron chi connectivity index (χ1n) is 3.91. The number of anilines is 1. The summed E-state index contributed by atoms with van der Waals surface area (Å²) in [5.41, 5.74) is 0. The van der Waals surface area contributed by atoms with E-state index in [1.807, 2.05) is 0 Å². The van der Waals surface area contributed by atoms with Crippen LogP contribution in [0.15, 0.2) is 4.42 Å². The molecule has 0 saturated carbocycles. The molecule has 0 aromatic carbocycles. The molecule has 74 valence electrons. The molecule has 0 saturated heterocycles. The standard InChI is InChI=1S/C7H12ClN3O2/c1-5(12)4-11(2)7-10-9-6(3-8)13-7/h5,12H,3-4H2,1-2H3. The van der Waals surface area contributed by atoms with Crippen LogP contribution in [0.2, 0.25) is 0 Å². The average Bonchev–Trinajstić information content (AvgIpc) is 2.50. The molecule has 0 radical (unpaired) electrons. The van der Waals surface area contributed by atoms with E-state index in [0.29, 0.717) is 18.5 Å². The van der Waals surface area contributed by atoms with Crippen LogP contribution < -0.4 is 4.90 Å². The highest BCUT2D eigenvalue weighted by molar-refractivity contribution is 6.16. The fraction of sp³-hybridized carbons (Fsp3) is 0.714. The summed E-state index contributed by atoms with van der Waals surface area (Å²) in [4.78, 5) is 1.67. The highest BCUT2D eigenvalue weighted by atomic mass is 35.5. The number of aliphatic hydroxyl groups is 1. The van der Waals surface area contributed by atoms with Crippen molar-refractivity contribution in [2.75, 3.05) is 18.5 Å². The predicted molar refractivity (Wildman–Crippen MR) is 48.8 cm³/mol. The Morgan fingerprint density at radius 2 is 2.31 bits per heavy atom. The van der Waals surface area contributed by atoms with Gasteiger partial charge in [-0.1, -0.05) is 5.10 Å². The summed E-state index contributed by atoms with van der Waals surface area (Å²) in [6.07, 6.45) is -0.434. The van der Waals surface area contributed by atoms with Gasteiger partial charge in [0, 0.05) is 13.6 Å². The number of aliphatic hydroxyl groups excluding tert-OH is 1. The van der Waals surface area contributed by atoms with Crippen molar-refractivity contribution in [3.8, 4) is 0 Å². The minimum atomic E-state index is -0.434. The first kappa shape index (κ1) is 10.3. The lowest BCUT2D eigenvalue weighted by atomic mass is 10.4. The van der Waals surface area contributed by atoms with Crippen molar-refractivity contribution >= 4 is 17.6 Å². The first-order chi connectivity index (χ1) is 6.13. The summed E-state index contributed by atoms with van der Waals surface area (Å²) in [7, 11) is 1.76. The van der Waals surface area contributed by atoms with Crippen molar-refractivity contribution in [1.82, 2.24) is 10.2 Å². The van der Waals surface area contributed by atoms with Gasteiger partial charge in [-0.25, -0.2) is 0 Å². The Labute approximate surface area is 81.3 Å². The van der Waals surface area contributed by atoms with Crippen LogP contribution >= 0.6 is 11.6 Å². The SMILES string of the molecule is CC(O)CN(C)c1nnc(CCl)o1. The van der Waals surface area contributed by atoms with Crippen molar-refractivity contribution < 1.29 is 9.52 Å². The van der Waals surface area contributed by atoms with Crippen LogP contribution in [0.5, 0.6) is 0 Å². The lowest BCUT2D eigenvalue weighted by Crippen LogP contribution is -2.27. The molecule has 1 atom stereocenters. The Balaban J connectivity index is 2.60. The van der Waals surface area contributed by atoms with E-state index in [1.165, 1.54) is 0 Å². The number of aromatic nitrogens is 2. The van der Waals surface area contributed by atoms with Gasteiger partial charge in [-0.15, -0.1) is 16.7 Å². The molecule has 0 spiro atoms. The third-order valence-electron chi connectivity index (χ3n) is 1.44. The van der Waals surface area contributed by atoms with E-state index < -0.39 is 6.10 Å². The minimum absolute atomic E-state index is 0.204. The Hall–Kier alpha value is -0.810. The molecular formula is C7H12ClN3O2. The predicted octanol–water partition coefficient (Wildman–Crippen LogP) is 0.625. The van der Waals surface area contributed by atoms with Gasteiger partial charge in [0.2, 0.25) is 5.89 Å². The molecule has 0 aliphatic rings. The van der Waals surface area contributed by atoms with E-state index in [-0.39, 0.29) is 5.88 Å². The van der Waals surface area contributed by atoms with E-state index in [1.54, 1.807) is 18.9 Å². The number of nitrogens with zero attached hydrogens (tertiary/aromatic N) is 3. The lowest BCUT2D eigenvalue weighted by Gasteiger charge is -2.14. The summed E-state index contributed by atoms with van der Waals surface area (Å²) in [6, 6.07) is 0.372. The molecule has 5 nitrogen and oxygen atoms in total. The van der Waals surface area contributed by atoms with Gasteiger partial charge in [-0.3, -0.25) is 0 Å². The second kappa shape index (κ2) is 4.43. The number of rotatable bonds is 4. The van der Waals surface area contributed by atoms with Gasteiger partial charge < -0.3 is 14.4 Å². The average molecular weight is 206 g/mol. The quantitative estimate of drug-likeness (QED) is 0.731. The fourth-order valence-corrected chi connectivity index (χ4v) is 1.04. The number of hydrogen-bond donors (Lipinski definition) is 1. The normalized spacial score (nSPS) is 12.9. The first-order valence-corrected chi connectivity index (χ1v) is 4.44. The summed E-state index contributed by atoms with van der Waals surface area (Å²) in [6.45, 7) is 2.14. The van der Waals surface area contributed by atoms with Crippen LogP contribution in [0.4, 0.5) is 6.01 Å². The van der Waals surface area contributed by atoms with Crippen molar-refractivity contribution in [3.05, 3.63) is 5.89 Å². The highest BCUT2D eigenvalue weighted by Crippen LogP contribution is 2.11. The fourth-order valence-electron chi connectivity index (χ4n) is 0.927. The molecule has 13 heavy (non-hydrogen) atoms. The summed E-state index contributed by atoms with van der Waals surface area (Å²) in [5, 5.41) is 16.5. The van der Waals surface area contributed by atoms with Crippen LogP contribution in [0.3, 0.4) is 0 Å². The largest absolute Gasteiger partial charge is 0.407 e. The highest BCUT2D eigenvalue weighted by Gasteiger charge is 2.11. The summed E-state index contributed by atoms with van der Waals surface area (Å²) in [5.74, 6) is 0.587. The summed E-state index contributed by atoms with van der Waals surface area (Å²) >= 11 is 5.49. The molecule has 1 aromatic rings. The Kier molecular flexibility index (Phi) is 3.50. The molecule has 0 aliphatic heterocycles. The van der Waals surface area contributed by atoms with Gasteiger partial charge in [-0.05, 0) is 6.92 Å². The Morgan fingerprint density at radius 3 is 2.77 bits per heavy atom. The number of hydrogen-bond acceptors (Lipinski definition) is 5. The molecule has 1 N–H and O–H groups in total. The van der Waals surface area contributed by atoms with Crippen LogP contribution in [0.1, 0.15) is 12.8 Å². The van der Waals surface area contributed by atoms with Gasteiger partial charge in [0.1, 0.15) is 5.88 Å². The molecule has 0 bridgehead atoms. The second-order valence-corrected chi connectivity index (χ2v) is 3.11. The van der Waals surface area contributed by atoms with Crippen molar-refractivity contribution in [3.63, 3.8) is 0 Å². The van der Waals surface area contributed by atoms with Crippen molar-refractivity contribution in [2.24, 2.45) is 0 Å². The van der Waals surface area contributed by atoms with E-state index in [4.69, 9.17) is 21.1 Å². The molecule has 0 aliphatic carbocycles. The number of halogens is 1. The van der Waals surface area contributed by atoms with Gasteiger partial charge in [-0.2, -0.15) is 0 Å². The van der Waals surface area contributed by atoms with E-state index in [2.05, 4.69) is 10.2 Å². The molecule has 0 amide bonds. The maximum atomic E-state index is 9.09. The zero-order valence-corrected chi connectivity index (χ0v) is 8.32. The monoisotopic (exact) mass is 205 g/mol.